The van der Waals surface area contributed by atoms with Gasteiger partial charge in [-0.3, -0.25) is 0 Å². The quantitative estimate of drug-likeness (QED) is 0.901. The lowest BCUT2D eigenvalue weighted by molar-refractivity contribution is 0.0530. The van der Waals surface area contributed by atoms with E-state index in [2.05, 4.69) is 20.4 Å². The van der Waals surface area contributed by atoms with Crippen molar-refractivity contribution in [3.63, 3.8) is 0 Å². The number of anilines is 1. The number of hydrogen-bond donors (Lipinski definition) is 1. The molecule has 0 aliphatic carbocycles. The van der Waals surface area contributed by atoms with Crippen LogP contribution in [0.25, 0.3) is 5.82 Å². The van der Waals surface area contributed by atoms with E-state index in [1.165, 1.54) is 12.8 Å². The van der Waals surface area contributed by atoms with Crippen molar-refractivity contribution in [1.29, 1.82) is 0 Å². The first-order valence-electron chi connectivity index (χ1n) is 7.05. The van der Waals surface area contributed by atoms with Gasteiger partial charge in [0.25, 0.3) is 0 Å². The number of rotatable bonds is 5. The average Bonchev–Trinajstić information content (AvgIpc) is 3.03. The molecule has 0 aromatic carbocycles. The van der Waals surface area contributed by atoms with Crippen molar-refractivity contribution in [2.75, 3.05) is 25.1 Å². The van der Waals surface area contributed by atoms with Gasteiger partial charge in [0, 0.05) is 38.2 Å². The molecule has 1 aliphatic heterocycles. The number of hydrogen-bond acceptors (Lipinski definition) is 5. The molecule has 0 bridgehead atoms. The first-order chi connectivity index (χ1) is 9.92. The van der Waals surface area contributed by atoms with Gasteiger partial charge in [-0.15, -0.1) is 0 Å². The Morgan fingerprint density at radius 1 is 1.40 bits per heavy atom. The third-order valence-electron chi connectivity index (χ3n) is 3.51. The van der Waals surface area contributed by atoms with E-state index >= 15 is 0 Å². The normalized spacial score (nSPS) is 18.9. The Bertz CT molecular complexity index is 522. The van der Waals surface area contributed by atoms with Crippen LogP contribution in [0.3, 0.4) is 0 Å². The monoisotopic (exact) mass is 273 g/mol. The smallest absolute Gasteiger partial charge is 0.158 e. The Balaban J connectivity index is 1.53. The van der Waals surface area contributed by atoms with Gasteiger partial charge in [0.2, 0.25) is 0 Å². The zero-order valence-electron chi connectivity index (χ0n) is 11.4. The van der Waals surface area contributed by atoms with Gasteiger partial charge in [-0.25, -0.2) is 14.6 Å². The van der Waals surface area contributed by atoms with Crippen LogP contribution in [0.4, 0.5) is 5.82 Å². The van der Waals surface area contributed by atoms with Crippen molar-refractivity contribution in [1.82, 2.24) is 19.7 Å². The standard InChI is InChI=1S/C14H19N5O/c1-3-12(10-20-8-1)4-6-15-13-9-14(17-11-16-13)19-7-2-5-18-19/h2,5,7,9,11-12H,1,3-4,6,8,10H2,(H,15,16,17)/t12-/m1/s1. The summed E-state index contributed by atoms with van der Waals surface area (Å²) in [5.74, 6) is 2.28. The molecule has 106 valence electrons. The number of aromatic nitrogens is 4. The molecule has 0 saturated carbocycles. The lowest BCUT2D eigenvalue weighted by Crippen LogP contribution is -2.20. The number of nitrogens with one attached hydrogen (secondary N) is 1. The highest BCUT2D eigenvalue weighted by molar-refractivity contribution is 5.39. The van der Waals surface area contributed by atoms with E-state index in [1.54, 1.807) is 17.2 Å². The molecule has 1 atom stereocenters. The third kappa shape index (κ3) is 3.33. The highest BCUT2D eigenvalue weighted by Crippen LogP contribution is 2.17. The maximum Gasteiger partial charge on any atom is 0.158 e. The van der Waals surface area contributed by atoms with Crippen molar-refractivity contribution in [3.8, 4) is 5.82 Å². The van der Waals surface area contributed by atoms with Crippen LogP contribution in [-0.4, -0.2) is 39.5 Å². The Morgan fingerprint density at radius 2 is 2.40 bits per heavy atom. The van der Waals surface area contributed by atoms with Crippen LogP contribution >= 0.6 is 0 Å². The lowest BCUT2D eigenvalue weighted by Gasteiger charge is -2.22. The molecular weight excluding hydrogens is 254 g/mol. The predicted molar refractivity (Wildman–Crippen MR) is 75.8 cm³/mol. The summed E-state index contributed by atoms with van der Waals surface area (Å²) in [4.78, 5) is 8.45. The van der Waals surface area contributed by atoms with Crippen LogP contribution in [-0.2, 0) is 4.74 Å². The number of ether oxygens (including phenoxy) is 1. The molecule has 1 aliphatic rings. The lowest BCUT2D eigenvalue weighted by atomic mass is 9.99. The molecule has 20 heavy (non-hydrogen) atoms. The van der Waals surface area contributed by atoms with Gasteiger partial charge in [-0.2, -0.15) is 5.10 Å². The van der Waals surface area contributed by atoms with E-state index < -0.39 is 0 Å². The molecule has 0 amide bonds. The molecule has 3 heterocycles. The summed E-state index contributed by atoms with van der Waals surface area (Å²) in [6.07, 6.45) is 8.72. The number of nitrogens with zero attached hydrogens (tertiary/aromatic N) is 4. The fourth-order valence-corrected chi connectivity index (χ4v) is 2.41. The summed E-state index contributed by atoms with van der Waals surface area (Å²) in [5.41, 5.74) is 0. The van der Waals surface area contributed by atoms with E-state index in [-0.39, 0.29) is 0 Å². The van der Waals surface area contributed by atoms with Gasteiger partial charge in [-0.1, -0.05) is 0 Å². The first kappa shape index (κ1) is 13.1. The molecule has 1 fully saturated rings. The van der Waals surface area contributed by atoms with Crippen molar-refractivity contribution in [2.45, 2.75) is 19.3 Å². The maximum absolute atomic E-state index is 5.49. The zero-order chi connectivity index (χ0) is 13.6. The maximum atomic E-state index is 5.49. The second kappa shape index (κ2) is 6.47. The molecule has 6 nitrogen and oxygen atoms in total. The summed E-state index contributed by atoms with van der Waals surface area (Å²) in [6.45, 7) is 2.72. The minimum Gasteiger partial charge on any atom is -0.381 e. The minimum atomic E-state index is 0.670. The first-order valence-corrected chi connectivity index (χ1v) is 7.05. The van der Waals surface area contributed by atoms with Crippen LogP contribution in [0, 0.1) is 5.92 Å². The van der Waals surface area contributed by atoms with E-state index in [0.717, 1.165) is 37.8 Å². The molecule has 2 aromatic heterocycles. The largest absolute Gasteiger partial charge is 0.381 e. The SMILES string of the molecule is c1cnn(-c2cc(NCC[C@H]3CCCOC3)ncn2)c1. The van der Waals surface area contributed by atoms with Gasteiger partial charge >= 0.3 is 0 Å². The van der Waals surface area contributed by atoms with E-state index in [0.29, 0.717) is 5.92 Å². The summed E-state index contributed by atoms with van der Waals surface area (Å²) < 4.78 is 7.21. The molecule has 0 unspecified atom stereocenters. The van der Waals surface area contributed by atoms with Crippen LogP contribution in [0.5, 0.6) is 0 Å². The molecule has 0 radical (unpaired) electrons. The average molecular weight is 273 g/mol. The van der Waals surface area contributed by atoms with Crippen molar-refractivity contribution >= 4 is 5.82 Å². The fourth-order valence-electron chi connectivity index (χ4n) is 2.41. The van der Waals surface area contributed by atoms with E-state index in [1.807, 2.05) is 18.3 Å². The van der Waals surface area contributed by atoms with Gasteiger partial charge in [-0.05, 0) is 31.2 Å². The minimum absolute atomic E-state index is 0.670. The molecule has 1 saturated heterocycles. The summed E-state index contributed by atoms with van der Waals surface area (Å²) >= 11 is 0. The summed E-state index contributed by atoms with van der Waals surface area (Å²) in [5, 5.41) is 7.51. The third-order valence-corrected chi connectivity index (χ3v) is 3.51. The van der Waals surface area contributed by atoms with Crippen molar-refractivity contribution in [2.24, 2.45) is 5.92 Å². The van der Waals surface area contributed by atoms with Gasteiger partial charge in [0.1, 0.15) is 12.1 Å². The highest BCUT2D eigenvalue weighted by atomic mass is 16.5. The fraction of sp³-hybridized carbons (Fsp3) is 0.500. The molecule has 2 aromatic rings. The van der Waals surface area contributed by atoms with Crippen molar-refractivity contribution < 1.29 is 4.74 Å². The molecule has 0 spiro atoms. The van der Waals surface area contributed by atoms with Crippen LogP contribution < -0.4 is 5.32 Å². The van der Waals surface area contributed by atoms with Gasteiger partial charge in [0.05, 0.1) is 0 Å². The Hall–Kier alpha value is -1.95. The molecular formula is C14H19N5O. The molecule has 1 N–H and O–H groups in total. The predicted octanol–water partition coefficient (Wildman–Crippen LogP) is 1.89. The summed E-state index contributed by atoms with van der Waals surface area (Å²) in [6, 6.07) is 3.78. The summed E-state index contributed by atoms with van der Waals surface area (Å²) in [7, 11) is 0. The van der Waals surface area contributed by atoms with Gasteiger partial charge < -0.3 is 10.1 Å². The second-order valence-electron chi connectivity index (χ2n) is 5.01. The molecule has 3 rings (SSSR count). The Kier molecular flexibility index (Phi) is 4.22. The Morgan fingerprint density at radius 3 is 3.20 bits per heavy atom. The van der Waals surface area contributed by atoms with Crippen LogP contribution in [0.2, 0.25) is 0 Å². The van der Waals surface area contributed by atoms with E-state index in [9.17, 15) is 0 Å². The topological polar surface area (TPSA) is 64.9 Å². The van der Waals surface area contributed by atoms with Crippen LogP contribution in [0.1, 0.15) is 19.3 Å². The van der Waals surface area contributed by atoms with Crippen molar-refractivity contribution in [3.05, 3.63) is 30.9 Å². The zero-order valence-corrected chi connectivity index (χ0v) is 11.4. The highest BCUT2D eigenvalue weighted by Gasteiger charge is 2.13. The van der Waals surface area contributed by atoms with Gasteiger partial charge in [0.15, 0.2) is 5.82 Å². The van der Waals surface area contributed by atoms with Crippen LogP contribution in [0.15, 0.2) is 30.9 Å². The Labute approximate surface area is 118 Å². The van der Waals surface area contributed by atoms with E-state index in [4.69, 9.17) is 4.74 Å². The molecule has 6 heteroatoms. The second-order valence-corrected chi connectivity index (χ2v) is 5.01.